The highest BCUT2D eigenvalue weighted by atomic mass is 16.5. The zero-order chi connectivity index (χ0) is 18.6. The van der Waals surface area contributed by atoms with E-state index in [1.165, 1.54) is 11.1 Å². The highest BCUT2D eigenvalue weighted by Crippen LogP contribution is 2.27. The van der Waals surface area contributed by atoms with Gasteiger partial charge < -0.3 is 15.0 Å². The lowest BCUT2D eigenvalue weighted by molar-refractivity contribution is 0.291. The molecule has 27 heavy (non-hydrogen) atoms. The van der Waals surface area contributed by atoms with Crippen LogP contribution in [0.25, 0.3) is 0 Å². The number of aromatic nitrogens is 2. The molecule has 2 atom stereocenters. The van der Waals surface area contributed by atoms with Gasteiger partial charge in [-0.3, -0.25) is 4.90 Å². The molecule has 5 heteroatoms. The molecule has 0 amide bonds. The largest absolute Gasteiger partial charge is 0.486 e. The maximum absolute atomic E-state index is 6.41. The third-order valence-electron chi connectivity index (χ3n) is 5.29. The molecule has 2 aromatic carbocycles. The Labute approximate surface area is 160 Å². The predicted octanol–water partition coefficient (Wildman–Crippen LogP) is 2.93. The number of hydrogen-bond acceptors (Lipinski definition) is 4. The standard InChI is InChI=1S/C22H26N4O/c1-25-12-11-24-22(25)16-27-19-9-7-17(8-10-19)13-26-14-20(21(23)15-26)18-5-3-2-4-6-18/h2-12,20-21H,13-16,23H2,1H3/t20-,21+/m0/s1. The molecule has 0 unspecified atom stereocenters. The molecule has 4 rings (SSSR count). The molecule has 0 aliphatic carbocycles. The zero-order valence-corrected chi connectivity index (χ0v) is 15.7. The normalized spacial score (nSPS) is 20.1. The Morgan fingerprint density at radius 1 is 1.07 bits per heavy atom. The van der Waals surface area contributed by atoms with Crippen molar-refractivity contribution in [3.63, 3.8) is 0 Å². The lowest BCUT2D eigenvalue weighted by Crippen LogP contribution is -2.28. The molecule has 1 aromatic heterocycles. The molecule has 2 heterocycles. The topological polar surface area (TPSA) is 56.3 Å². The fraction of sp³-hybridized carbons (Fsp3) is 0.318. The van der Waals surface area contributed by atoms with E-state index < -0.39 is 0 Å². The smallest absolute Gasteiger partial charge is 0.146 e. The zero-order valence-electron chi connectivity index (χ0n) is 15.7. The number of likely N-dealkylation sites (tertiary alicyclic amines) is 1. The molecule has 1 saturated heterocycles. The highest BCUT2D eigenvalue weighted by Gasteiger charge is 2.30. The van der Waals surface area contributed by atoms with Gasteiger partial charge in [-0.2, -0.15) is 0 Å². The maximum atomic E-state index is 6.41. The summed E-state index contributed by atoms with van der Waals surface area (Å²) in [6.07, 6.45) is 3.70. The van der Waals surface area contributed by atoms with Crippen molar-refractivity contribution in [1.29, 1.82) is 0 Å². The van der Waals surface area contributed by atoms with E-state index in [1.54, 1.807) is 6.20 Å². The third-order valence-corrected chi connectivity index (χ3v) is 5.29. The Kier molecular flexibility index (Phi) is 5.23. The third kappa shape index (κ3) is 4.21. The summed E-state index contributed by atoms with van der Waals surface area (Å²) in [5.74, 6) is 2.19. The van der Waals surface area contributed by atoms with Crippen molar-refractivity contribution in [2.24, 2.45) is 12.8 Å². The van der Waals surface area contributed by atoms with Crippen molar-refractivity contribution < 1.29 is 4.74 Å². The van der Waals surface area contributed by atoms with Crippen molar-refractivity contribution in [2.75, 3.05) is 13.1 Å². The Morgan fingerprint density at radius 3 is 2.56 bits per heavy atom. The molecule has 140 valence electrons. The molecule has 5 nitrogen and oxygen atoms in total. The van der Waals surface area contributed by atoms with Crippen LogP contribution in [0, 0.1) is 0 Å². The molecule has 0 bridgehead atoms. The second kappa shape index (κ2) is 7.94. The van der Waals surface area contributed by atoms with Gasteiger partial charge >= 0.3 is 0 Å². The summed E-state index contributed by atoms with van der Waals surface area (Å²) < 4.78 is 7.80. The number of rotatable bonds is 6. The molecular weight excluding hydrogens is 336 g/mol. The maximum Gasteiger partial charge on any atom is 0.146 e. The van der Waals surface area contributed by atoms with Crippen LogP contribution >= 0.6 is 0 Å². The van der Waals surface area contributed by atoms with Crippen molar-refractivity contribution in [2.45, 2.75) is 25.1 Å². The molecule has 1 aliphatic heterocycles. The Hall–Kier alpha value is -2.63. The van der Waals surface area contributed by atoms with Gasteiger partial charge in [0.15, 0.2) is 0 Å². The highest BCUT2D eigenvalue weighted by molar-refractivity contribution is 5.28. The van der Waals surface area contributed by atoms with Gasteiger partial charge in [0.2, 0.25) is 0 Å². The van der Waals surface area contributed by atoms with Crippen LogP contribution in [-0.2, 0) is 20.2 Å². The first-order valence-corrected chi connectivity index (χ1v) is 9.40. The summed E-state index contributed by atoms with van der Waals surface area (Å²) in [6.45, 7) is 3.32. The first-order valence-electron chi connectivity index (χ1n) is 9.40. The van der Waals surface area contributed by atoms with Crippen LogP contribution in [0.2, 0.25) is 0 Å². The molecular formula is C22H26N4O. The minimum absolute atomic E-state index is 0.188. The quantitative estimate of drug-likeness (QED) is 0.733. The van der Waals surface area contributed by atoms with Gasteiger partial charge in [-0.1, -0.05) is 42.5 Å². The van der Waals surface area contributed by atoms with E-state index in [2.05, 4.69) is 52.3 Å². The molecule has 3 aromatic rings. The van der Waals surface area contributed by atoms with Crippen molar-refractivity contribution in [3.8, 4) is 5.75 Å². The second-order valence-corrected chi connectivity index (χ2v) is 7.26. The van der Waals surface area contributed by atoms with E-state index in [9.17, 15) is 0 Å². The number of aryl methyl sites for hydroxylation is 1. The molecule has 1 aliphatic rings. The predicted molar refractivity (Wildman–Crippen MR) is 106 cm³/mol. The van der Waals surface area contributed by atoms with E-state index in [4.69, 9.17) is 10.5 Å². The number of nitrogens with zero attached hydrogens (tertiary/aromatic N) is 3. The molecule has 0 spiro atoms. The van der Waals surface area contributed by atoms with Gasteiger partial charge in [-0.15, -0.1) is 0 Å². The Morgan fingerprint density at radius 2 is 1.85 bits per heavy atom. The summed E-state index contributed by atoms with van der Waals surface area (Å²) in [7, 11) is 1.97. The van der Waals surface area contributed by atoms with Crippen LogP contribution in [0.4, 0.5) is 0 Å². The fourth-order valence-corrected chi connectivity index (χ4v) is 3.73. The SMILES string of the molecule is Cn1ccnc1COc1ccc(CN2C[C@@H](N)[C@H](c3ccccc3)C2)cc1. The van der Waals surface area contributed by atoms with Crippen LogP contribution < -0.4 is 10.5 Å². The van der Waals surface area contributed by atoms with Gasteiger partial charge in [0.25, 0.3) is 0 Å². The van der Waals surface area contributed by atoms with Crippen LogP contribution in [0.5, 0.6) is 5.75 Å². The lowest BCUT2D eigenvalue weighted by atomic mass is 9.95. The van der Waals surface area contributed by atoms with E-state index >= 15 is 0 Å². The van der Waals surface area contributed by atoms with Gasteiger partial charge in [0, 0.05) is 51.0 Å². The number of benzene rings is 2. The summed E-state index contributed by atoms with van der Waals surface area (Å²) >= 11 is 0. The van der Waals surface area contributed by atoms with Crippen molar-refractivity contribution in [3.05, 3.63) is 83.9 Å². The molecule has 1 fully saturated rings. The Bertz CT molecular complexity index is 860. The summed E-state index contributed by atoms with van der Waals surface area (Å²) in [4.78, 5) is 6.71. The number of hydrogen-bond donors (Lipinski definition) is 1. The van der Waals surface area contributed by atoms with Gasteiger partial charge in [0.05, 0.1) is 0 Å². The van der Waals surface area contributed by atoms with Crippen LogP contribution in [0.3, 0.4) is 0 Å². The summed E-state index contributed by atoms with van der Waals surface area (Å²) in [5.41, 5.74) is 9.02. The van der Waals surface area contributed by atoms with Gasteiger partial charge in [-0.25, -0.2) is 4.98 Å². The fourth-order valence-electron chi connectivity index (χ4n) is 3.73. The monoisotopic (exact) mass is 362 g/mol. The first-order chi connectivity index (χ1) is 13.2. The number of imidazole rings is 1. The summed E-state index contributed by atoms with van der Waals surface area (Å²) in [5, 5.41) is 0. The minimum Gasteiger partial charge on any atom is -0.486 e. The molecule has 0 saturated carbocycles. The van der Waals surface area contributed by atoms with E-state index in [0.717, 1.165) is 31.2 Å². The van der Waals surface area contributed by atoms with Crippen LogP contribution in [0.1, 0.15) is 22.9 Å². The van der Waals surface area contributed by atoms with Crippen LogP contribution in [-0.4, -0.2) is 33.6 Å². The van der Waals surface area contributed by atoms with Gasteiger partial charge in [0.1, 0.15) is 18.2 Å². The van der Waals surface area contributed by atoms with E-state index in [0.29, 0.717) is 12.5 Å². The minimum atomic E-state index is 0.188. The second-order valence-electron chi connectivity index (χ2n) is 7.26. The average molecular weight is 362 g/mol. The van der Waals surface area contributed by atoms with Gasteiger partial charge in [-0.05, 0) is 23.3 Å². The lowest BCUT2D eigenvalue weighted by Gasteiger charge is -2.16. The van der Waals surface area contributed by atoms with Crippen LogP contribution in [0.15, 0.2) is 67.0 Å². The summed E-state index contributed by atoms with van der Waals surface area (Å²) in [6, 6.07) is 19.1. The molecule has 2 N–H and O–H groups in total. The molecule has 0 radical (unpaired) electrons. The van der Waals surface area contributed by atoms with Crippen molar-refractivity contribution >= 4 is 0 Å². The number of ether oxygens (including phenoxy) is 1. The van der Waals surface area contributed by atoms with Crippen molar-refractivity contribution in [1.82, 2.24) is 14.5 Å². The first kappa shape index (κ1) is 17.8. The van der Waals surface area contributed by atoms with E-state index in [-0.39, 0.29) is 6.04 Å². The average Bonchev–Trinajstić information content (AvgIpc) is 3.27. The number of nitrogens with two attached hydrogens (primary N) is 1. The Balaban J connectivity index is 1.33. The van der Waals surface area contributed by atoms with E-state index in [1.807, 2.05) is 29.9 Å².